The third-order valence-corrected chi connectivity index (χ3v) is 2.25. The minimum atomic E-state index is -0.828. The molecule has 2 heteroatoms. The Balaban J connectivity index is 1.90. The Morgan fingerprint density at radius 3 is 2.67 bits per heavy atom. The molecule has 0 saturated heterocycles. The lowest BCUT2D eigenvalue weighted by Crippen LogP contribution is -2.03. The molecule has 51 valence electrons. The van der Waals surface area contributed by atoms with Crippen molar-refractivity contribution in [2.45, 2.75) is 24.9 Å². The van der Waals surface area contributed by atoms with Crippen LogP contribution in [-0.4, -0.2) is 12.8 Å². The van der Waals surface area contributed by atoms with Gasteiger partial charge in [0, 0.05) is 13.0 Å². The molecule has 0 aromatic carbocycles. The number of halogens is 1. The van der Waals surface area contributed by atoms with Crippen molar-refractivity contribution in [2.75, 3.05) is 7.11 Å². The molecular weight excluding hydrogens is 119 g/mol. The fourth-order valence-corrected chi connectivity index (χ4v) is 1.31. The summed E-state index contributed by atoms with van der Waals surface area (Å²) in [5.41, 5.74) is -0.828. The van der Waals surface area contributed by atoms with Gasteiger partial charge in [-0.3, -0.25) is 0 Å². The first-order chi connectivity index (χ1) is 4.26. The second-order valence-electron chi connectivity index (χ2n) is 2.96. The van der Waals surface area contributed by atoms with Crippen LogP contribution in [0.5, 0.6) is 0 Å². The zero-order valence-corrected chi connectivity index (χ0v) is 5.48. The molecule has 2 aliphatic rings. The first kappa shape index (κ1) is 5.66. The highest BCUT2D eigenvalue weighted by molar-refractivity contribution is 5.20. The molecule has 2 aliphatic carbocycles. The van der Waals surface area contributed by atoms with E-state index in [1.807, 2.05) is 0 Å². The predicted octanol–water partition coefficient (Wildman–Crippen LogP) is 1.69. The van der Waals surface area contributed by atoms with E-state index in [0.29, 0.717) is 0 Å². The Morgan fingerprint density at radius 1 is 1.67 bits per heavy atom. The normalized spacial score (nSPS) is 38.7. The highest BCUT2D eigenvalue weighted by Gasteiger charge is 2.61. The van der Waals surface area contributed by atoms with Crippen molar-refractivity contribution < 1.29 is 9.13 Å². The summed E-state index contributed by atoms with van der Waals surface area (Å²) in [5.74, 6) is 0.169. The van der Waals surface area contributed by atoms with Crippen LogP contribution in [0.3, 0.4) is 0 Å². The molecule has 1 atom stereocenters. The molecule has 2 rings (SSSR count). The van der Waals surface area contributed by atoms with E-state index < -0.39 is 5.67 Å². The van der Waals surface area contributed by atoms with Crippen molar-refractivity contribution in [3.63, 3.8) is 0 Å². The minimum Gasteiger partial charge on any atom is -0.375 e. The molecule has 0 aromatic rings. The Hall–Kier alpha value is -0.110. The van der Waals surface area contributed by atoms with Crippen molar-refractivity contribution in [2.24, 2.45) is 5.92 Å². The number of hydrogen-bond donors (Lipinski definition) is 0. The van der Waals surface area contributed by atoms with Gasteiger partial charge in [-0.15, -0.1) is 0 Å². The maximum Gasteiger partial charge on any atom is 0.117 e. The van der Waals surface area contributed by atoms with Gasteiger partial charge in [0.25, 0.3) is 0 Å². The lowest BCUT2D eigenvalue weighted by molar-refractivity contribution is 0.204. The third-order valence-electron chi connectivity index (χ3n) is 2.25. The van der Waals surface area contributed by atoms with Crippen LogP contribution in [0.15, 0.2) is 0 Å². The molecule has 1 unspecified atom stereocenters. The number of methoxy groups -OCH3 is 1. The van der Waals surface area contributed by atoms with E-state index in [9.17, 15) is 4.39 Å². The lowest BCUT2D eigenvalue weighted by atomic mass is 10.2. The summed E-state index contributed by atoms with van der Waals surface area (Å²) in [6.45, 7) is 0. The van der Waals surface area contributed by atoms with Gasteiger partial charge in [0.05, 0.1) is 0 Å². The molecule has 0 heterocycles. The highest BCUT2D eigenvalue weighted by atomic mass is 19.1. The summed E-state index contributed by atoms with van der Waals surface area (Å²) >= 11 is 0. The number of ether oxygens (including phenoxy) is 1. The van der Waals surface area contributed by atoms with Crippen molar-refractivity contribution in [3.8, 4) is 0 Å². The quantitative estimate of drug-likeness (QED) is 0.551. The number of hydrogen-bond acceptors (Lipinski definition) is 1. The highest BCUT2D eigenvalue weighted by Crippen LogP contribution is 2.61. The van der Waals surface area contributed by atoms with E-state index >= 15 is 0 Å². The van der Waals surface area contributed by atoms with E-state index in [1.54, 1.807) is 7.11 Å². The van der Waals surface area contributed by atoms with Gasteiger partial charge >= 0.3 is 0 Å². The summed E-state index contributed by atoms with van der Waals surface area (Å²) in [5, 5.41) is 0. The average Bonchev–Trinajstić information content (AvgIpc) is 2.60. The fraction of sp³-hybridized carbons (Fsp3) is 0.857. The van der Waals surface area contributed by atoms with Gasteiger partial charge in [0.15, 0.2) is 0 Å². The van der Waals surface area contributed by atoms with Crippen LogP contribution in [0.1, 0.15) is 19.3 Å². The van der Waals surface area contributed by atoms with E-state index in [0.717, 1.165) is 25.4 Å². The second kappa shape index (κ2) is 1.48. The molecule has 0 spiro atoms. The lowest BCUT2D eigenvalue weighted by Gasteiger charge is -1.99. The summed E-state index contributed by atoms with van der Waals surface area (Å²) in [7, 11) is 1.63. The van der Waals surface area contributed by atoms with E-state index in [2.05, 4.69) is 0 Å². The molecule has 0 N–H and O–H groups in total. The van der Waals surface area contributed by atoms with Crippen LogP contribution in [0, 0.1) is 12.0 Å². The first-order valence-electron chi connectivity index (χ1n) is 3.35. The van der Waals surface area contributed by atoms with E-state index in [-0.39, 0.29) is 5.92 Å². The fourth-order valence-electron chi connectivity index (χ4n) is 1.31. The zero-order chi connectivity index (χ0) is 6.48. The maximum absolute atomic E-state index is 13.0. The van der Waals surface area contributed by atoms with Crippen LogP contribution in [0.2, 0.25) is 0 Å². The van der Waals surface area contributed by atoms with Gasteiger partial charge in [-0.25, -0.2) is 4.39 Å². The van der Waals surface area contributed by atoms with Gasteiger partial charge in [0.1, 0.15) is 11.8 Å². The molecule has 0 bridgehead atoms. The van der Waals surface area contributed by atoms with E-state index in [4.69, 9.17) is 4.74 Å². The number of rotatable bonds is 2. The van der Waals surface area contributed by atoms with Crippen LogP contribution >= 0.6 is 0 Å². The zero-order valence-electron chi connectivity index (χ0n) is 5.48. The molecular formula is C7H10FO. The van der Waals surface area contributed by atoms with Gasteiger partial charge in [-0.2, -0.15) is 0 Å². The SMILES string of the molecule is CO[C]1CC1C1(F)CC1. The van der Waals surface area contributed by atoms with Gasteiger partial charge in [0.2, 0.25) is 0 Å². The smallest absolute Gasteiger partial charge is 0.117 e. The van der Waals surface area contributed by atoms with Crippen molar-refractivity contribution in [1.82, 2.24) is 0 Å². The summed E-state index contributed by atoms with van der Waals surface area (Å²) in [6, 6.07) is 0. The minimum absolute atomic E-state index is 0.169. The predicted molar refractivity (Wildman–Crippen MR) is 31.4 cm³/mol. The Labute approximate surface area is 54.2 Å². The summed E-state index contributed by atoms with van der Waals surface area (Å²) in [6.07, 6.45) is 3.34. The monoisotopic (exact) mass is 129 g/mol. The Kier molecular flexibility index (Phi) is 0.933. The van der Waals surface area contributed by atoms with Gasteiger partial charge in [-0.05, 0) is 19.3 Å². The molecule has 1 nitrogen and oxygen atoms in total. The first-order valence-corrected chi connectivity index (χ1v) is 3.35. The molecule has 0 amide bonds. The third kappa shape index (κ3) is 0.767. The van der Waals surface area contributed by atoms with Crippen LogP contribution in [0.4, 0.5) is 4.39 Å². The van der Waals surface area contributed by atoms with Crippen molar-refractivity contribution in [3.05, 3.63) is 6.10 Å². The van der Waals surface area contributed by atoms with Crippen molar-refractivity contribution in [1.29, 1.82) is 0 Å². The summed E-state index contributed by atoms with van der Waals surface area (Å²) in [4.78, 5) is 0. The molecule has 1 radical (unpaired) electrons. The van der Waals surface area contributed by atoms with Crippen LogP contribution < -0.4 is 0 Å². The largest absolute Gasteiger partial charge is 0.375 e. The maximum atomic E-state index is 13.0. The summed E-state index contributed by atoms with van der Waals surface area (Å²) < 4.78 is 17.9. The molecule has 2 fully saturated rings. The topological polar surface area (TPSA) is 9.23 Å². The molecule has 2 saturated carbocycles. The standard InChI is InChI=1S/C7H10FO/c1-9-6-4-5(6)7(8)2-3-7/h5H,2-4H2,1H3. The molecule has 9 heavy (non-hydrogen) atoms. The van der Waals surface area contributed by atoms with Crippen LogP contribution in [0.25, 0.3) is 0 Å². The Bertz CT molecular complexity index is 131. The molecule has 0 aromatic heterocycles. The average molecular weight is 129 g/mol. The van der Waals surface area contributed by atoms with E-state index in [1.165, 1.54) is 0 Å². The van der Waals surface area contributed by atoms with Gasteiger partial charge in [-0.1, -0.05) is 0 Å². The molecule has 0 aliphatic heterocycles. The number of alkyl halides is 1. The second-order valence-corrected chi connectivity index (χ2v) is 2.96. The van der Waals surface area contributed by atoms with Crippen LogP contribution in [-0.2, 0) is 4.74 Å². The van der Waals surface area contributed by atoms with Crippen molar-refractivity contribution >= 4 is 0 Å². The Morgan fingerprint density at radius 2 is 2.33 bits per heavy atom. The van der Waals surface area contributed by atoms with Gasteiger partial charge < -0.3 is 4.74 Å².